The molecule has 0 radical (unpaired) electrons. The average Bonchev–Trinajstić information content (AvgIpc) is 2.87. The summed E-state index contributed by atoms with van der Waals surface area (Å²) in [5.74, 6) is 0.417. The van der Waals surface area contributed by atoms with Crippen molar-refractivity contribution in [3.63, 3.8) is 0 Å². The Labute approximate surface area is 230 Å². The lowest BCUT2D eigenvalue weighted by molar-refractivity contribution is -0.385. The molecule has 37 heavy (non-hydrogen) atoms. The highest BCUT2D eigenvalue weighted by atomic mass is 79.9. The SMILES string of the molecule is CCCCc1nc2ccc(Br)cc2c(=O)n1N=Cc1cc(Cl)c(OCc2ccccc2Cl)c([N+](=O)[O-])c1. The number of fused-ring (bicyclic) bond motifs is 1. The lowest BCUT2D eigenvalue weighted by atomic mass is 10.2. The normalized spacial score (nSPS) is 11.4. The van der Waals surface area contributed by atoms with Crippen LogP contribution in [0.1, 0.15) is 36.7 Å². The lowest BCUT2D eigenvalue weighted by Crippen LogP contribution is -2.22. The number of benzene rings is 3. The van der Waals surface area contributed by atoms with Crippen LogP contribution in [0.25, 0.3) is 10.9 Å². The van der Waals surface area contributed by atoms with Gasteiger partial charge in [-0.05, 0) is 36.8 Å². The van der Waals surface area contributed by atoms with Crippen molar-refractivity contribution in [2.75, 3.05) is 0 Å². The van der Waals surface area contributed by atoms with Crippen LogP contribution in [0.3, 0.4) is 0 Å². The van der Waals surface area contributed by atoms with E-state index in [0.717, 1.165) is 17.3 Å². The summed E-state index contributed by atoms with van der Waals surface area (Å²) in [5.41, 5.74) is 0.887. The number of halogens is 3. The van der Waals surface area contributed by atoms with Crippen molar-refractivity contribution in [2.45, 2.75) is 32.8 Å². The van der Waals surface area contributed by atoms with Crippen molar-refractivity contribution in [1.29, 1.82) is 0 Å². The summed E-state index contributed by atoms with van der Waals surface area (Å²) in [5, 5.41) is 17.1. The first-order chi connectivity index (χ1) is 17.8. The first-order valence-corrected chi connectivity index (χ1v) is 12.9. The summed E-state index contributed by atoms with van der Waals surface area (Å²) in [7, 11) is 0. The molecule has 4 aromatic rings. The van der Waals surface area contributed by atoms with Gasteiger partial charge in [0.15, 0.2) is 0 Å². The molecule has 3 aromatic carbocycles. The molecule has 0 bridgehead atoms. The van der Waals surface area contributed by atoms with E-state index in [4.69, 9.17) is 27.9 Å². The van der Waals surface area contributed by atoms with E-state index < -0.39 is 4.92 Å². The topological polar surface area (TPSA) is 99.6 Å². The molecule has 0 atom stereocenters. The van der Waals surface area contributed by atoms with Gasteiger partial charge in [0, 0.05) is 33.1 Å². The fourth-order valence-electron chi connectivity index (χ4n) is 3.65. The quantitative estimate of drug-likeness (QED) is 0.115. The van der Waals surface area contributed by atoms with Crippen molar-refractivity contribution in [1.82, 2.24) is 9.66 Å². The standard InChI is InChI=1S/C26H21BrCl2N4O4/c1-2-3-8-24-31-22-10-9-18(27)13-19(22)26(34)32(24)30-14-16-11-21(29)25(23(12-16)33(35)36)37-15-17-6-4-5-7-20(17)28/h4-7,9-14H,2-3,8,15H2,1H3. The van der Waals surface area contributed by atoms with Crippen molar-refractivity contribution >= 4 is 61.9 Å². The second kappa shape index (κ2) is 11.9. The lowest BCUT2D eigenvalue weighted by Gasteiger charge is -2.11. The number of nitrogens with zero attached hydrogens (tertiary/aromatic N) is 4. The van der Waals surface area contributed by atoms with E-state index in [1.807, 2.05) is 13.0 Å². The van der Waals surface area contributed by atoms with Crippen LogP contribution in [-0.4, -0.2) is 20.8 Å². The van der Waals surface area contributed by atoms with Gasteiger partial charge in [0.05, 0.1) is 27.1 Å². The van der Waals surface area contributed by atoms with Crippen molar-refractivity contribution in [2.24, 2.45) is 5.10 Å². The Morgan fingerprint density at radius 2 is 1.95 bits per heavy atom. The third-order valence-corrected chi connectivity index (χ3v) is 6.67. The van der Waals surface area contributed by atoms with Gasteiger partial charge >= 0.3 is 5.69 Å². The van der Waals surface area contributed by atoms with E-state index in [-0.39, 0.29) is 28.6 Å². The van der Waals surface area contributed by atoms with E-state index >= 15 is 0 Å². The monoisotopic (exact) mass is 602 g/mol. The highest BCUT2D eigenvalue weighted by Crippen LogP contribution is 2.36. The third-order valence-electron chi connectivity index (χ3n) is 5.52. The maximum absolute atomic E-state index is 13.3. The number of rotatable bonds is 9. The Kier molecular flexibility index (Phi) is 8.58. The van der Waals surface area contributed by atoms with Crippen LogP contribution in [0.5, 0.6) is 5.75 Å². The molecule has 0 spiro atoms. The second-order valence-electron chi connectivity index (χ2n) is 8.14. The average molecular weight is 604 g/mol. The molecule has 0 amide bonds. The van der Waals surface area contributed by atoms with Gasteiger partial charge < -0.3 is 4.74 Å². The number of unbranched alkanes of at least 4 members (excludes halogenated alkanes) is 1. The molecule has 0 aliphatic heterocycles. The summed E-state index contributed by atoms with van der Waals surface area (Å²) in [4.78, 5) is 29.1. The molecule has 0 aliphatic rings. The number of nitro groups is 1. The number of hydrogen-bond acceptors (Lipinski definition) is 6. The zero-order valence-corrected chi connectivity index (χ0v) is 22.8. The summed E-state index contributed by atoms with van der Waals surface area (Å²) >= 11 is 15.9. The Morgan fingerprint density at radius 1 is 1.16 bits per heavy atom. The minimum absolute atomic E-state index is 0.00215. The van der Waals surface area contributed by atoms with E-state index in [0.29, 0.717) is 39.3 Å². The zero-order valence-electron chi connectivity index (χ0n) is 19.7. The minimum Gasteiger partial charge on any atom is -0.481 e. The van der Waals surface area contributed by atoms with Crippen LogP contribution in [0.4, 0.5) is 5.69 Å². The Morgan fingerprint density at radius 3 is 2.68 bits per heavy atom. The second-order valence-corrected chi connectivity index (χ2v) is 9.87. The molecule has 0 fully saturated rings. The summed E-state index contributed by atoms with van der Waals surface area (Å²) in [6.07, 6.45) is 3.62. The molecule has 11 heteroatoms. The molecular formula is C26H21BrCl2N4O4. The fraction of sp³-hybridized carbons (Fsp3) is 0.192. The molecule has 0 saturated carbocycles. The summed E-state index contributed by atoms with van der Waals surface area (Å²) in [6.45, 7) is 2.04. The zero-order chi connectivity index (χ0) is 26.5. The van der Waals surface area contributed by atoms with E-state index in [1.165, 1.54) is 23.0 Å². The number of aromatic nitrogens is 2. The molecule has 4 rings (SSSR count). The smallest absolute Gasteiger partial charge is 0.313 e. The molecule has 0 saturated heterocycles. The molecule has 8 nitrogen and oxygen atoms in total. The molecule has 1 heterocycles. The van der Waals surface area contributed by atoms with Gasteiger partial charge in [0.2, 0.25) is 5.75 Å². The first kappa shape index (κ1) is 26.8. The molecular weight excluding hydrogens is 583 g/mol. The van der Waals surface area contributed by atoms with Gasteiger partial charge in [-0.2, -0.15) is 9.78 Å². The predicted octanol–water partition coefficient (Wildman–Crippen LogP) is 7.18. The van der Waals surface area contributed by atoms with Crippen molar-refractivity contribution < 1.29 is 9.66 Å². The van der Waals surface area contributed by atoms with Crippen LogP contribution >= 0.6 is 39.1 Å². The third kappa shape index (κ3) is 6.18. The van der Waals surface area contributed by atoms with Crippen molar-refractivity contribution in [3.8, 4) is 5.75 Å². The Balaban J connectivity index is 1.72. The number of aryl methyl sites for hydroxylation is 1. The van der Waals surface area contributed by atoms with Gasteiger partial charge in [-0.3, -0.25) is 14.9 Å². The Hall–Kier alpha value is -3.27. The Bertz CT molecular complexity index is 1570. The first-order valence-electron chi connectivity index (χ1n) is 11.4. The molecule has 0 unspecified atom stereocenters. The van der Waals surface area contributed by atoms with Crippen LogP contribution in [0.2, 0.25) is 10.0 Å². The van der Waals surface area contributed by atoms with Gasteiger partial charge in [0.1, 0.15) is 12.4 Å². The van der Waals surface area contributed by atoms with Crippen LogP contribution in [-0.2, 0) is 13.0 Å². The molecule has 1 aromatic heterocycles. The summed E-state index contributed by atoms with van der Waals surface area (Å²) < 4.78 is 7.65. The highest BCUT2D eigenvalue weighted by molar-refractivity contribution is 9.10. The van der Waals surface area contributed by atoms with Crippen LogP contribution in [0, 0.1) is 10.1 Å². The summed E-state index contributed by atoms with van der Waals surface area (Å²) in [6, 6.07) is 15.1. The maximum atomic E-state index is 13.3. The van der Waals surface area contributed by atoms with Crippen LogP contribution in [0.15, 0.2) is 69.0 Å². The van der Waals surface area contributed by atoms with Crippen molar-refractivity contribution in [3.05, 3.63) is 107 Å². The van der Waals surface area contributed by atoms with Gasteiger partial charge in [0.25, 0.3) is 5.56 Å². The maximum Gasteiger partial charge on any atom is 0.313 e. The van der Waals surface area contributed by atoms with E-state index in [2.05, 4.69) is 26.0 Å². The van der Waals surface area contributed by atoms with Crippen LogP contribution < -0.4 is 10.3 Å². The largest absolute Gasteiger partial charge is 0.481 e. The molecule has 190 valence electrons. The number of hydrogen-bond donors (Lipinski definition) is 0. The number of nitro benzene ring substituents is 1. The van der Waals surface area contributed by atoms with E-state index in [9.17, 15) is 14.9 Å². The van der Waals surface area contributed by atoms with E-state index in [1.54, 1.807) is 36.4 Å². The fourth-order valence-corrected chi connectivity index (χ4v) is 4.48. The number of ether oxygens (including phenoxy) is 1. The molecule has 0 N–H and O–H groups in total. The predicted molar refractivity (Wildman–Crippen MR) is 149 cm³/mol. The minimum atomic E-state index is -0.584. The molecule has 0 aliphatic carbocycles. The highest BCUT2D eigenvalue weighted by Gasteiger charge is 2.21. The van der Waals surface area contributed by atoms with Gasteiger partial charge in [-0.15, -0.1) is 0 Å². The van der Waals surface area contributed by atoms with Gasteiger partial charge in [-0.25, -0.2) is 4.98 Å². The van der Waals surface area contributed by atoms with Gasteiger partial charge in [-0.1, -0.05) is 70.7 Å².